The highest BCUT2D eigenvalue weighted by molar-refractivity contribution is 6.31. The molecule has 0 N–H and O–H groups in total. The number of alkyl halides is 3. The van der Waals surface area contributed by atoms with Gasteiger partial charge >= 0.3 is 6.18 Å². The summed E-state index contributed by atoms with van der Waals surface area (Å²) >= 11 is 5.63. The van der Waals surface area contributed by atoms with E-state index in [-0.39, 0.29) is 16.5 Å². The van der Waals surface area contributed by atoms with E-state index in [1.165, 1.54) is 41.1 Å². The maximum atomic E-state index is 13.0. The first-order valence-corrected chi connectivity index (χ1v) is 9.69. The molecule has 29 heavy (non-hydrogen) atoms. The van der Waals surface area contributed by atoms with Gasteiger partial charge in [-0.25, -0.2) is 0 Å². The number of piperazine rings is 1. The van der Waals surface area contributed by atoms with Gasteiger partial charge in [0.1, 0.15) is 0 Å². The molecule has 154 valence electrons. The van der Waals surface area contributed by atoms with Gasteiger partial charge in [0.05, 0.1) is 10.6 Å². The highest BCUT2D eigenvalue weighted by Crippen LogP contribution is 2.35. The van der Waals surface area contributed by atoms with Gasteiger partial charge in [-0.3, -0.25) is 4.79 Å². The van der Waals surface area contributed by atoms with Crippen LogP contribution in [0.25, 0.3) is 6.08 Å². The fourth-order valence-electron chi connectivity index (χ4n) is 3.38. The summed E-state index contributed by atoms with van der Waals surface area (Å²) in [7, 11) is 0. The molecule has 1 saturated heterocycles. The molecule has 0 aliphatic carbocycles. The SMILES string of the molecule is Cc1cccc(N2CCN(C(=O)C=Cc3ccc(Cl)c(C(F)(F)F)c3)CC2)c1C. The topological polar surface area (TPSA) is 23.6 Å². The zero-order valence-corrected chi connectivity index (χ0v) is 17.0. The number of anilines is 1. The van der Waals surface area contributed by atoms with Crippen molar-refractivity contribution in [1.82, 2.24) is 4.90 Å². The second-order valence-corrected chi connectivity index (χ2v) is 7.51. The quantitative estimate of drug-likeness (QED) is 0.623. The Balaban J connectivity index is 1.64. The molecule has 0 saturated carbocycles. The molecule has 2 aromatic carbocycles. The fourth-order valence-corrected chi connectivity index (χ4v) is 3.61. The van der Waals surface area contributed by atoms with Gasteiger partial charge in [-0.1, -0.05) is 29.8 Å². The lowest BCUT2D eigenvalue weighted by Crippen LogP contribution is -2.48. The van der Waals surface area contributed by atoms with Crippen LogP contribution in [0.3, 0.4) is 0 Å². The molecule has 0 spiro atoms. The summed E-state index contributed by atoms with van der Waals surface area (Å²) in [6.45, 7) is 6.71. The van der Waals surface area contributed by atoms with Gasteiger partial charge in [0.15, 0.2) is 0 Å². The molecule has 2 aromatic rings. The molecule has 1 fully saturated rings. The van der Waals surface area contributed by atoms with E-state index in [1.54, 1.807) is 4.90 Å². The van der Waals surface area contributed by atoms with Gasteiger partial charge in [-0.15, -0.1) is 0 Å². The van der Waals surface area contributed by atoms with Crippen molar-refractivity contribution in [2.75, 3.05) is 31.1 Å². The molecular formula is C22H22ClF3N2O. The molecule has 1 aliphatic heterocycles. The van der Waals surface area contributed by atoms with Crippen molar-refractivity contribution in [1.29, 1.82) is 0 Å². The zero-order valence-electron chi connectivity index (χ0n) is 16.3. The molecule has 0 radical (unpaired) electrons. The first kappa shape index (κ1) is 21.2. The van der Waals surface area contributed by atoms with Crippen LogP contribution in [0.4, 0.5) is 18.9 Å². The van der Waals surface area contributed by atoms with Gasteiger partial charge in [-0.2, -0.15) is 13.2 Å². The van der Waals surface area contributed by atoms with Gasteiger partial charge in [-0.05, 0) is 54.8 Å². The van der Waals surface area contributed by atoms with E-state index in [2.05, 4.69) is 30.9 Å². The standard InChI is InChI=1S/C22H22ClF3N2O/c1-15-4-3-5-20(16(15)2)27-10-12-28(13-11-27)21(29)9-7-17-6-8-19(23)18(14-17)22(24,25)26/h3-9,14H,10-13H2,1-2H3. The van der Waals surface area contributed by atoms with Crippen LogP contribution >= 0.6 is 11.6 Å². The minimum absolute atomic E-state index is 0.214. The van der Waals surface area contributed by atoms with Gasteiger partial charge in [0.2, 0.25) is 5.91 Å². The number of halogens is 4. The van der Waals surface area contributed by atoms with Crippen molar-refractivity contribution < 1.29 is 18.0 Å². The van der Waals surface area contributed by atoms with Crippen molar-refractivity contribution in [3.8, 4) is 0 Å². The Morgan fingerprint density at radius 1 is 1.07 bits per heavy atom. The van der Waals surface area contributed by atoms with Crippen LogP contribution in [0, 0.1) is 13.8 Å². The summed E-state index contributed by atoms with van der Waals surface area (Å²) in [5, 5.41) is -0.358. The van der Waals surface area contributed by atoms with Crippen LogP contribution in [-0.4, -0.2) is 37.0 Å². The zero-order chi connectivity index (χ0) is 21.2. The third-order valence-corrected chi connectivity index (χ3v) is 5.55. The molecule has 0 aromatic heterocycles. The number of carbonyl (C=O) groups excluding carboxylic acids is 1. The first-order chi connectivity index (χ1) is 13.7. The fraction of sp³-hybridized carbons (Fsp3) is 0.318. The Morgan fingerprint density at radius 3 is 2.41 bits per heavy atom. The summed E-state index contributed by atoms with van der Waals surface area (Å²) in [5.74, 6) is -0.214. The summed E-state index contributed by atoms with van der Waals surface area (Å²) in [6, 6.07) is 9.78. The molecule has 3 rings (SSSR count). The Morgan fingerprint density at radius 2 is 1.76 bits per heavy atom. The van der Waals surface area contributed by atoms with Crippen molar-refractivity contribution in [2.24, 2.45) is 0 Å². The van der Waals surface area contributed by atoms with Crippen LogP contribution in [-0.2, 0) is 11.0 Å². The molecule has 3 nitrogen and oxygen atoms in total. The molecule has 0 atom stereocenters. The largest absolute Gasteiger partial charge is 0.417 e. The smallest absolute Gasteiger partial charge is 0.368 e. The van der Waals surface area contributed by atoms with Crippen LogP contribution < -0.4 is 4.90 Å². The van der Waals surface area contributed by atoms with Crippen molar-refractivity contribution in [3.05, 3.63) is 69.8 Å². The van der Waals surface area contributed by atoms with Crippen LogP contribution in [0.15, 0.2) is 42.5 Å². The summed E-state index contributed by atoms with van der Waals surface area (Å²) in [6.07, 6.45) is -1.82. The van der Waals surface area contributed by atoms with Crippen molar-refractivity contribution in [3.63, 3.8) is 0 Å². The average Bonchev–Trinajstić information content (AvgIpc) is 2.68. The predicted octanol–water partition coefficient (Wildman–Crippen LogP) is 5.34. The van der Waals surface area contributed by atoms with Crippen LogP contribution in [0.5, 0.6) is 0 Å². The monoisotopic (exact) mass is 422 g/mol. The molecular weight excluding hydrogens is 401 g/mol. The highest BCUT2D eigenvalue weighted by atomic mass is 35.5. The number of rotatable bonds is 3. The summed E-state index contributed by atoms with van der Waals surface area (Å²) < 4.78 is 38.9. The molecule has 0 unspecified atom stereocenters. The van der Waals surface area contributed by atoms with Crippen LogP contribution in [0.2, 0.25) is 5.02 Å². The number of nitrogens with zero attached hydrogens (tertiary/aromatic N) is 2. The van der Waals surface area contributed by atoms with E-state index in [0.717, 1.165) is 6.07 Å². The summed E-state index contributed by atoms with van der Waals surface area (Å²) in [4.78, 5) is 16.4. The third kappa shape index (κ3) is 4.93. The highest BCUT2D eigenvalue weighted by Gasteiger charge is 2.33. The average molecular weight is 423 g/mol. The molecule has 7 heteroatoms. The number of benzene rings is 2. The second kappa shape index (κ2) is 8.49. The number of carbonyl (C=O) groups is 1. The number of hydrogen-bond donors (Lipinski definition) is 0. The Kier molecular flexibility index (Phi) is 6.22. The Labute approximate surface area is 173 Å². The van der Waals surface area contributed by atoms with Gasteiger partial charge in [0, 0.05) is 37.9 Å². The Hall–Kier alpha value is -2.47. The molecule has 1 amide bonds. The number of hydrogen-bond acceptors (Lipinski definition) is 2. The third-order valence-electron chi connectivity index (χ3n) is 5.22. The lowest BCUT2D eigenvalue weighted by Gasteiger charge is -2.36. The van der Waals surface area contributed by atoms with E-state index in [9.17, 15) is 18.0 Å². The Bertz CT molecular complexity index is 932. The normalized spacial score (nSPS) is 15.2. The second-order valence-electron chi connectivity index (χ2n) is 7.10. The summed E-state index contributed by atoms with van der Waals surface area (Å²) in [5.41, 5.74) is 3.01. The van der Waals surface area contributed by atoms with E-state index in [1.807, 2.05) is 6.07 Å². The number of aryl methyl sites for hydroxylation is 1. The molecule has 0 bridgehead atoms. The minimum Gasteiger partial charge on any atom is -0.368 e. The maximum absolute atomic E-state index is 13.0. The van der Waals surface area contributed by atoms with Gasteiger partial charge < -0.3 is 9.80 Å². The van der Waals surface area contributed by atoms with E-state index in [0.29, 0.717) is 26.2 Å². The molecule has 1 aliphatic rings. The minimum atomic E-state index is -4.53. The predicted molar refractivity (Wildman–Crippen MR) is 110 cm³/mol. The van der Waals surface area contributed by atoms with E-state index < -0.39 is 11.7 Å². The van der Waals surface area contributed by atoms with E-state index >= 15 is 0 Å². The maximum Gasteiger partial charge on any atom is 0.417 e. The molecule has 1 heterocycles. The number of amides is 1. The lowest BCUT2D eigenvalue weighted by atomic mass is 10.1. The lowest BCUT2D eigenvalue weighted by molar-refractivity contribution is -0.137. The van der Waals surface area contributed by atoms with Crippen molar-refractivity contribution in [2.45, 2.75) is 20.0 Å². The van der Waals surface area contributed by atoms with E-state index in [4.69, 9.17) is 11.6 Å². The van der Waals surface area contributed by atoms with Crippen molar-refractivity contribution >= 4 is 29.3 Å². The van der Waals surface area contributed by atoms with Crippen LogP contribution in [0.1, 0.15) is 22.3 Å². The first-order valence-electron chi connectivity index (χ1n) is 9.31. The van der Waals surface area contributed by atoms with Gasteiger partial charge in [0.25, 0.3) is 0 Å².